The molecule has 2 aromatic carbocycles. The molecule has 0 aliphatic carbocycles. The Labute approximate surface area is 177 Å². The Kier molecular flexibility index (Phi) is 7.94. The lowest BCUT2D eigenvalue weighted by atomic mass is 10.1. The number of nitro benzene ring substituents is 1. The van der Waals surface area contributed by atoms with E-state index in [-0.39, 0.29) is 27.8 Å². The van der Waals surface area contributed by atoms with Crippen LogP contribution in [-0.4, -0.2) is 27.8 Å². The molecule has 0 radical (unpaired) electrons. The van der Waals surface area contributed by atoms with Crippen molar-refractivity contribution in [2.75, 3.05) is 5.32 Å². The average Bonchev–Trinajstić information content (AvgIpc) is 2.72. The Morgan fingerprint density at radius 3 is 2.30 bits per heavy atom. The normalized spacial score (nSPS) is 9.90. The second-order valence-electron chi connectivity index (χ2n) is 6.01. The van der Waals surface area contributed by atoms with E-state index >= 15 is 0 Å². The Bertz CT molecular complexity index is 978. The van der Waals surface area contributed by atoms with Gasteiger partial charge in [-0.25, -0.2) is 0 Å². The van der Waals surface area contributed by atoms with E-state index in [0.29, 0.717) is 12.1 Å². The van der Waals surface area contributed by atoms with Crippen LogP contribution < -0.4 is 21.5 Å². The molecule has 4 N–H and O–H groups in total. The largest absolute Gasteiger partial charge is 0.326 e. The summed E-state index contributed by atoms with van der Waals surface area (Å²) in [5.74, 6) is -1.44. The first-order valence-corrected chi connectivity index (χ1v) is 9.27. The third-order valence-electron chi connectivity index (χ3n) is 3.77. The van der Waals surface area contributed by atoms with Crippen LogP contribution in [0.3, 0.4) is 0 Å². The number of para-hydroxylation sites is 1. The lowest BCUT2D eigenvalue weighted by molar-refractivity contribution is -0.385. The molecule has 0 heterocycles. The van der Waals surface area contributed by atoms with Crippen LogP contribution in [0.4, 0.5) is 11.4 Å². The number of carbonyl (C=O) groups excluding carboxylic acids is 3. The summed E-state index contributed by atoms with van der Waals surface area (Å²) in [5.41, 5.74) is 4.97. The van der Waals surface area contributed by atoms with Crippen molar-refractivity contribution in [3.63, 3.8) is 0 Å². The van der Waals surface area contributed by atoms with Gasteiger partial charge in [0.25, 0.3) is 17.5 Å². The Morgan fingerprint density at radius 2 is 1.67 bits per heavy atom. The molecule has 30 heavy (non-hydrogen) atoms. The molecule has 0 aromatic heterocycles. The third kappa shape index (κ3) is 6.34. The van der Waals surface area contributed by atoms with Crippen molar-refractivity contribution in [1.29, 1.82) is 0 Å². The molecule has 0 saturated carbocycles. The highest BCUT2D eigenvalue weighted by Crippen LogP contribution is 2.17. The van der Waals surface area contributed by atoms with Gasteiger partial charge in [-0.05, 0) is 49.0 Å². The molecule has 0 aliphatic heterocycles. The molecule has 2 rings (SSSR count). The minimum absolute atomic E-state index is 0.115. The maximum absolute atomic E-state index is 12.2. The van der Waals surface area contributed by atoms with Crippen LogP contribution in [0.25, 0.3) is 0 Å². The summed E-state index contributed by atoms with van der Waals surface area (Å²) in [6, 6.07) is 11.6. The van der Waals surface area contributed by atoms with Crippen LogP contribution in [0.2, 0.25) is 0 Å². The van der Waals surface area contributed by atoms with Gasteiger partial charge in [-0.1, -0.05) is 19.1 Å². The fourth-order valence-corrected chi connectivity index (χ4v) is 2.51. The predicted octanol–water partition coefficient (Wildman–Crippen LogP) is 2.28. The molecule has 10 nitrogen and oxygen atoms in total. The van der Waals surface area contributed by atoms with Gasteiger partial charge in [0.05, 0.1) is 4.92 Å². The van der Waals surface area contributed by atoms with E-state index in [9.17, 15) is 24.5 Å². The number of nitrogens with one attached hydrogen (secondary N) is 4. The van der Waals surface area contributed by atoms with Crippen molar-refractivity contribution in [2.24, 2.45) is 0 Å². The topological polar surface area (TPSA) is 142 Å². The number of benzene rings is 2. The van der Waals surface area contributed by atoms with Crippen molar-refractivity contribution in [3.05, 3.63) is 69.8 Å². The van der Waals surface area contributed by atoms with Crippen LogP contribution in [0.15, 0.2) is 48.5 Å². The molecule has 11 heteroatoms. The van der Waals surface area contributed by atoms with Crippen molar-refractivity contribution in [1.82, 2.24) is 16.2 Å². The van der Waals surface area contributed by atoms with Crippen LogP contribution in [0.5, 0.6) is 0 Å². The molecule has 2 aromatic rings. The van der Waals surface area contributed by atoms with E-state index in [4.69, 9.17) is 12.2 Å². The highest BCUT2D eigenvalue weighted by atomic mass is 32.1. The highest BCUT2D eigenvalue weighted by Gasteiger charge is 2.20. The van der Waals surface area contributed by atoms with E-state index in [1.54, 1.807) is 12.1 Å². The van der Waals surface area contributed by atoms with Crippen LogP contribution in [0, 0.1) is 10.1 Å². The van der Waals surface area contributed by atoms with Crippen molar-refractivity contribution >= 4 is 46.4 Å². The molecule has 0 aliphatic rings. The Balaban J connectivity index is 1.89. The fourth-order valence-electron chi connectivity index (χ4n) is 2.37. The first kappa shape index (κ1) is 22.4. The van der Waals surface area contributed by atoms with E-state index in [1.807, 2.05) is 6.92 Å². The number of rotatable bonds is 6. The molecule has 0 saturated heterocycles. The van der Waals surface area contributed by atoms with Crippen LogP contribution >= 0.6 is 12.2 Å². The van der Waals surface area contributed by atoms with Gasteiger partial charge in [-0.3, -0.25) is 40.7 Å². The van der Waals surface area contributed by atoms with Gasteiger partial charge in [0, 0.05) is 23.7 Å². The van der Waals surface area contributed by atoms with Gasteiger partial charge >= 0.3 is 0 Å². The van der Waals surface area contributed by atoms with E-state index in [0.717, 1.165) is 6.42 Å². The first-order chi connectivity index (χ1) is 14.3. The SMILES string of the molecule is CCCC(=O)Nc1ccc(C(=O)NNC(=S)NC(=O)c2ccccc2[N+](=O)[O-])cc1. The number of carbonyl (C=O) groups is 3. The number of nitro groups is 1. The monoisotopic (exact) mass is 429 g/mol. The van der Waals surface area contributed by atoms with Gasteiger partial charge in [0.1, 0.15) is 5.56 Å². The standard InChI is InChI=1S/C19H19N5O5S/c1-2-5-16(25)20-13-10-8-12(9-11-13)17(26)22-23-19(30)21-18(27)14-6-3-4-7-15(14)24(28)29/h3-4,6-11H,2,5H2,1H3,(H,20,25)(H,22,26)(H2,21,23,27,30). The summed E-state index contributed by atoms with van der Waals surface area (Å²) in [5, 5.41) is 15.7. The summed E-state index contributed by atoms with van der Waals surface area (Å²) in [6.07, 6.45) is 1.13. The van der Waals surface area contributed by atoms with E-state index in [2.05, 4.69) is 21.5 Å². The molecule has 156 valence electrons. The zero-order valence-corrected chi connectivity index (χ0v) is 16.7. The van der Waals surface area contributed by atoms with Crippen LogP contribution in [0.1, 0.15) is 40.5 Å². The maximum atomic E-state index is 12.2. The fraction of sp³-hybridized carbons (Fsp3) is 0.158. The quantitative estimate of drug-likeness (QED) is 0.313. The summed E-state index contributed by atoms with van der Waals surface area (Å²) >= 11 is 4.93. The number of thiocarbonyl (C=S) groups is 1. The lowest BCUT2D eigenvalue weighted by Gasteiger charge is -2.11. The zero-order chi connectivity index (χ0) is 22.1. The average molecular weight is 429 g/mol. The second kappa shape index (κ2) is 10.6. The molecule has 3 amide bonds. The lowest BCUT2D eigenvalue weighted by Crippen LogP contribution is -2.48. The van der Waals surface area contributed by atoms with Crippen molar-refractivity contribution < 1.29 is 19.3 Å². The molecule has 0 fully saturated rings. The van der Waals surface area contributed by atoms with Crippen LogP contribution in [-0.2, 0) is 4.79 Å². The number of hydrogen-bond acceptors (Lipinski definition) is 6. The first-order valence-electron chi connectivity index (χ1n) is 8.86. The molecule has 0 atom stereocenters. The van der Waals surface area contributed by atoms with E-state index in [1.165, 1.54) is 36.4 Å². The van der Waals surface area contributed by atoms with Gasteiger partial charge in [-0.15, -0.1) is 0 Å². The molecular formula is C19H19N5O5S. The number of hydrogen-bond donors (Lipinski definition) is 4. The smallest absolute Gasteiger partial charge is 0.282 e. The van der Waals surface area contributed by atoms with Crippen molar-refractivity contribution in [3.8, 4) is 0 Å². The predicted molar refractivity (Wildman–Crippen MR) is 114 cm³/mol. The third-order valence-corrected chi connectivity index (χ3v) is 3.97. The zero-order valence-electron chi connectivity index (χ0n) is 15.9. The summed E-state index contributed by atoms with van der Waals surface area (Å²) in [4.78, 5) is 46.2. The minimum Gasteiger partial charge on any atom is -0.326 e. The second-order valence-corrected chi connectivity index (χ2v) is 6.42. The summed E-state index contributed by atoms with van der Waals surface area (Å²) < 4.78 is 0. The van der Waals surface area contributed by atoms with Crippen molar-refractivity contribution in [2.45, 2.75) is 19.8 Å². The van der Waals surface area contributed by atoms with Gasteiger partial charge in [0.15, 0.2) is 5.11 Å². The Morgan fingerprint density at radius 1 is 1.00 bits per heavy atom. The van der Waals surface area contributed by atoms with Gasteiger partial charge in [0.2, 0.25) is 5.91 Å². The summed E-state index contributed by atoms with van der Waals surface area (Å²) in [7, 11) is 0. The summed E-state index contributed by atoms with van der Waals surface area (Å²) in [6.45, 7) is 1.90. The van der Waals surface area contributed by atoms with Gasteiger partial charge < -0.3 is 5.32 Å². The number of anilines is 1. The molecule has 0 spiro atoms. The van der Waals surface area contributed by atoms with E-state index < -0.39 is 16.7 Å². The highest BCUT2D eigenvalue weighted by molar-refractivity contribution is 7.80. The van der Waals surface area contributed by atoms with Gasteiger partial charge in [-0.2, -0.15) is 0 Å². The molecule has 0 bridgehead atoms. The Hall–Kier alpha value is -3.86. The maximum Gasteiger partial charge on any atom is 0.282 e. The minimum atomic E-state index is -0.791. The molecular weight excluding hydrogens is 410 g/mol. The molecule has 0 unspecified atom stereocenters. The number of hydrazine groups is 1. The number of nitrogens with zero attached hydrogens (tertiary/aromatic N) is 1. The number of amides is 3.